The van der Waals surface area contributed by atoms with Crippen LogP contribution in [0.3, 0.4) is 0 Å². The molecule has 2 aromatic carbocycles. The third kappa shape index (κ3) is 8.11. The van der Waals surface area contributed by atoms with Gasteiger partial charge < -0.3 is 9.87 Å². The topological polar surface area (TPSA) is 69.2 Å². The standard InChI is InChI=1S/C17H21NO3S.Na/c19-22(20,21)13-7-12-18-17(16-10-5-2-6-11-16)14-15-8-3-1-4-9-15;/h1-6,8-11,17-18H,7,12-14H2,(H,19,20,21);/q;+1/p-1. The predicted molar refractivity (Wildman–Crippen MR) is 86.5 cm³/mol. The largest absolute Gasteiger partial charge is 1.00 e. The molecule has 0 fully saturated rings. The van der Waals surface area contributed by atoms with Crippen molar-refractivity contribution in [1.29, 1.82) is 0 Å². The number of hydrogen-bond acceptors (Lipinski definition) is 4. The molecule has 0 radical (unpaired) electrons. The maximum Gasteiger partial charge on any atom is 1.00 e. The van der Waals surface area contributed by atoms with Crippen LogP contribution in [0, 0.1) is 0 Å². The van der Waals surface area contributed by atoms with Crippen molar-refractivity contribution in [2.24, 2.45) is 0 Å². The molecule has 2 aromatic rings. The monoisotopic (exact) mass is 341 g/mol. The minimum Gasteiger partial charge on any atom is -0.748 e. The van der Waals surface area contributed by atoms with Gasteiger partial charge in [0.05, 0.1) is 10.1 Å². The number of benzene rings is 2. The zero-order valence-electron chi connectivity index (χ0n) is 13.3. The van der Waals surface area contributed by atoms with Gasteiger partial charge in [0.25, 0.3) is 0 Å². The van der Waals surface area contributed by atoms with Gasteiger partial charge in [-0.05, 0) is 30.5 Å². The second-order valence-corrected chi connectivity index (χ2v) is 6.75. The molecule has 1 N–H and O–H groups in total. The molecule has 0 aliphatic rings. The summed E-state index contributed by atoms with van der Waals surface area (Å²) >= 11 is 0. The molecular weight excluding hydrogens is 321 g/mol. The van der Waals surface area contributed by atoms with Crippen LogP contribution in [-0.2, 0) is 16.5 Å². The number of nitrogens with one attached hydrogen (secondary N) is 1. The molecule has 4 nitrogen and oxygen atoms in total. The maximum atomic E-state index is 10.7. The van der Waals surface area contributed by atoms with Crippen molar-refractivity contribution in [3.63, 3.8) is 0 Å². The van der Waals surface area contributed by atoms with E-state index in [1.54, 1.807) is 0 Å². The van der Waals surface area contributed by atoms with Crippen molar-refractivity contribution in [1.82, 2.24) is 5.32 Å². The van der Waals surface area contributed by atoms with E-state index in [1.165, 1.54) is 5.56 Å². The molecule has 1 unspecified atom stereocenters. The third-order valence-electron chi connectivity index (χ3n) is 3.45. The molecule has 0 saturated carbocycles. The molecule has 0 spiro atoms. The number of hydrogen-bond donors (Lipinski definition) is 1. The molecule has 0 amide bonds. The summed E-state index contributed by atoms with van der Waals surface area (Å²) in [7, 11) is -4.14. The molecule has 23 heavy (non-hydrogen) atoms. The normalized spacial score (nSPS) is 12.4. The maximum absolute atomic E-state index is 10.7. The molecule has 0 aromatic heterocycles. The fraction of sp³-hybridized carbons (Fsp3) is 0.294. The first-order valence-electron chi connectivity index (χ1n) is 7.30. The molecule has 0 aliphatic carbocycles. The van der Waals surface area contributed by atoms with Gasteiger partial charge in [0.2, 0.25) is 0 Å². The second kappa shape index (κ2) is 10.2. The minimum absolute atomic E-state index is 0. The van der Waals surface area contributed by atoms with E-state index >= 15 is 0 Å². The van der Waals surface area contributed by atoms with Gasteiger partial charge in [-0.15, -0.1) is 0 Å². The zero-order valence-corrected chi connectivity index (χ0v) is 16.1. The summed E-state index contributed by atoms with van der Waals surface area (Å²) < 4.78 is 32.0. The van der Waals surface area contributed by atoms with E-state index in [0.29, 0.717) is 13.0 Å². The van der Waals surface area contributed by atoms with E-state index in [1.807, 2.05) is 48.5 Å². The Kier molecular flexibility index (Phi) is 9.06. The van der Waals surface area contributed by atoms with E-state index in [0.717, 1.165) is 12.0 Å². The fourth-order valence-corrected chi connectivity index (χ4v) is 2.87. The Hall–Kier alpha value is -0.690. The van der Waals surface area contributed by atoms with E-state index in [-0.39, 0.29) is 41.4 Å². The minimum atomic E-state index is -4.14. The van der Waals surface area contributed by atoms with E-state index in [2.05, 4.69) is 17.4 Å². The average Bonchev–Trinajstić information content (AvgIpc) is 2.51. The summed E-state index contributed by atoms with van der Waals surface area (Å²) in [5, 5.41) is 3.35. The van der Waals surface area contributed by atoms with Gasteiger partial charge >= 0.3 is 29.6 Å². The molecule has 2 rings (SSSR count). The Labute approximate surface area is 160 Å². The van der Waals surface area contributed by atoms with Crippen molar-refractivity contribution in [2.75, 3.05) is 12.3 Å². The number of rotatable bonds is 8. The third-order valence-corrected chi connectivity index (χ3v) is 4.24. The molecular formula is C17H20NNaO3S. The molecule has 118 valence electrons. The summed E-state index contributed by atoms with van der Waals surface area (Å²) in [6.45, 7) is 0.494. The molecule has 0 heterocycles. The van der Waals surface area contributed by atoms with Crippen LogP contribution in [0.25, 0.3) is 0 Å². The van der Waals surface area contributed by atoms with Crippen LogP contribution in [0.5, 0.6) is 0 Å². The summed E-state index contributed by atoms with van der Waals surface area (Å²) in [4.78, 5) is 0. The molecule has 0 aliphatic heterocycles. The van der Waals surface area contributed by atoms with Gasteiger partial charge in [0.1, 0.15) is 0 Å². The Morgan fingerprint density at radius 3 is 2.09 bits per heavy atom. The van der Waals surface area contributed by atoms with Crippen LogP contribution in [0.15, 0.2) is 60.7 Å². The van der Waals surface area contributed by atoms with Crippen LogP contribution in [-0.4, -0.2) is 25.3 Å². The molecule has 6 heteroatoms. The quantitative estimate of drug-likeness (QED) is 0.399. The Morgan fingerprint density at radius 2 is 1.52 bits per heavy atom. The van der Waals surface area contributed by atoms with Gasteiger partial charge in [-0.1, -0.05) is 60.7 Å². The van der Waals surface area contributed by atoms with Gasteiger partial charge in [0, 0.05) is 11.8 Å². The predicted octanol–water partition coefficient (Wildman–Crippen LogP) is -0.501. The van der Waals surface area contributed by atoms with Crippen molar-refractivity contribution < 1.29 is 42.5 Å². The van der Waals surface area contributed by atoms with Crippen LogP contribution in [0.2, 0.25) is 0 Å². The first kappa shape index (κ1) is 20.4. The smallest absolute Gasteiger partial charge is 0.748 e. The zero-order chi connectivity index (χ0) is 15.8. The van der Waals surface area contributed by atoms with Crippen LogP contribution >= 0.6 is 0 Å². The Morgan fingerprint density at radius 1 is 0.957 bits per heavy atom. The van der Waals surface area contributed by atoms with Crippen LogP contribution in [0.1, 0.15) is 23.6 Å². The van der Waals surface area contributed by atoms with Crippen molar-refractivity contribution in [3.05, 3.63) is 71.8 Å². The first-order chi connectivity index (χ1) is 10.5. The average molecular weight is 341 g/mol. The molecule has 0 saturated heterocycles. The van der Waals surface area contributed by atoms with E-state index in [4.69, 9.17) is 0 Å². The van der Waals surface area contributed by atoms with Crippen molar-refractivity contribution in [2.45, 2.75) is 18.9 Å². The molecule has 1 atom stereocenters. The van der Waals surface area contributed by atoms with Crippen LogP contribution in [0.4, 0.5) is 0 Å². The summed E-state index contributed by atoms with van der Waals surface area (Å²) in [6.07, 6.45) is 1.14. The summed E-state index contributed by atoms with van der Waals surface area (Å²) in [5.74, 6) is -0.327. The summed E-state index contributed by atoms with van der Waals surface area (Å²) in [6, 6.07) is 20.2. The van der Waals surface area contributed by atoms with Crippen molar-refractivity contribution in [3.8, 4) is 0 Å². The second-order valence-electron chi connectivity index (χ2n) is 5.22. The van der Waals surface area contributed by atoms with Gasteiger partial charge in [-0.3, -0.25) is 0 Å². The van der Waals surface area contributed by atoms with Gasteiger partial charge in [-0.25, -0.2) is 8.42 Å². The van der Waals surface area contributed by atoms with Crippen molar-refractivity contribution >= 4 is 10.1 Å². The Balaban J connectivity index is 0.00000264. The SMILES string of the molecule is O=S(=O)([O-])CCCNC(Cc1ccccc1)c1ccccc1.[Na+]. The fourth-order valence-electron chi connectivity index (χ4n) is 2.37. The van der Waals surface area contributed by atoms with E-state index in [9.17, 15) is 13.0 Å². The van der Waals surface area contributed by atoms with Gasteiger partial charge in [0.15, 0.2) is 0 Å². The first-order valence-corrected chi connectivity index (χ1v) is 8.88. The van der Waals surface area contributed by atoms with E-state index < -0.39 is 10.1 Å². The van der Waals surface area contributed by atoms with Gasteiger partial charge in [-0.2, -0.15) is 0 Å². The van der Waals surface area contributed by atoms with Crippen LogP contribution < -0.4 is 34.9 Å². The Bertz CT molecular complexity index is 663. The summed E-state index contributed by atoms with van der Waals surface area (Å²) in [5.41, 5.74) is 2.36. The molecule has 0 bridgehead atoms.